The zero-order chi connectivity index (χ0) is 20.9. The van der Waals surface area contributed by atoms with Crippen LogP contribution < -0.4 is 15.4 Å². The number of guanidine groups is 1. The van der Waals surface area contributed by atoms with Crippen molar-refractivity contribution in [3.8, 4) is 0 Å². The number of halogens is 1. The van der Waals surface area contributed by atoms with E-state index in [0.717, 1.165) is 34.1 Å². The molecule has 0 bridgehead atoms. The van der Waals surface area contributed by atoms with Crippen LogP contribution in [-0.2, 0) is 23.1 Å². The van der Waals surface area contributed by atoms with Gasteiger partial charge in [0.25, 0.3) is 0 Å². The fraction of sp³-hybridized carbons (Fsp3) is 0.286. The number of furan rings is 1. The lowest BCUT2D eigenvalue weighted by Crippen LogP contribution is -2.36. The van der Waals surface area contributed by atoms with Gasteiger partial charge in [-0.1, -0.05) is 36.4 Å². The van der Waals surface area contributed by atoms with Gasteiger partial charge in [-0.05, 0) is 31.5 Å². The highest BCUT2D eigenvalue weighted by Crippen LogP contribution is 2.24. The molecule has 0 fully saturated rings. The standard InChI is InChI=1S/C21H26N4O3S.HI/c1-4-22-21(23-13-16-9-5-7-11-18(16)25-29(3,26)27)24-14-20-15(2)17-10-6-8-12-19(17)28-20;/h5-12,25H,4,13-14H2,1-3H3,(H2,22,23,24);1H. The van der Waals surface area contributed by atoms with Gasteiger partial charge in [0.05, 0.1) is 25.0 Å². The molecule has 3 aromatic rings. The molecule has 0 spiro atoms. The number of sulfonamides is 1. The largest absolute Gasteiger partial charge is 0.459 e. The first-order valence-corrected chi connectivity index (χ1v) is 11.3. The molecule has 1 heterocycles. The lowest BCUT2D eigenvalue weighted by atomic mass is 10.1. The van der Waals surface area contributed by atoms with Gasteiger partial charge in [0, 0.05) is 17.5 Å². The molecule has 1 aromatic heterocycles. The van der Waals surface area contributed by atoms with E-state index < -0.39 is 10.0 Å². The van der Waals surface area contributed by atoms with Gasteiger partial charge in [0.2, 0.25) is 10.0 Å². The van der Waals surface area contributed by atoms with Gasteiger partial charge < -0.3 is 15.1 Å². The second-order valence-electron chi connectivity index (χ2n) is 6.73. The van der Waals surface area contributed by atoms with E-state index in [1.54, 1.807) is 12.1 Å². The van der Waals surface area contributed by atoms with E-state index in [1.165, 1.54) is 0 Å². The van der Waals surface area contributed by atoms with Crippen molar-refractivity contribution < 1.29 is 12.8 Å². The minimum atomic E-state index is -3.35. The summed E-state index contributed by atoms with van der Waals surface area (Å²) in [5.41, 5.74) is 3.29. The van der Waals surface area contributed by atoms with E-state index in [1.807, 2.05) is 50.2 Å². The van der Waals surface area contributed by atoms with Gasteiger partial charge in [-0.3, -0.25) is 4.72 Å². The maximum Gasteiger partial charge on any atom is 0.229 e. The average molecular weight is 542 g/mol. The van der Waals surface area contributed by atoms with Crippen molar-refractivity contribution in [1.29, 1.82) is 0 Å². The van der Waals surface area contributed by atoms with Crippen LogP contribution in [0.5, 0.6) is 0 Å². The maximum atomic E-state index is 11.6. The number of hydrogen-bond acceptors (Lipinski definition) is 4. The van der Waals surface area contributed by atoms with E-state index in [-0.39, 0.29) is 24.0 Å². The molecule has 2 aromatic carbocycles. The normalized spacial score (nSPS) is 11.8. The Balaban J connectivity index is 0.00000320. The molecule has 0 aliphatic heterocycles. The lowest BCUT2D eigenvalue weighted by Gasteiger charge is -2.12. The lowest BCUT2D eigenvalue weighted by molar-refractivity contribution is 0.534. The second kappa shape index (κ2) is 10.7. The van der Waals surface area contributed by atoms with Crippen molar-refractivity contribution in [3.63, 3.8) is 0 Å². The monoisotopic (exact) mass is 542 g/mol. The van der Waals surface area contributed by atoms with Crippen LogP contribution in [0.4, 0.5) is 5.69 Å². The van der Waals surface area contributed by atoms with Crippen LogP contribution >= 0.6 is 24.0 Å². The fourth-order valence-corrected chi connectivity index (χ4v) is 3.62. The first-order valence-electron chi connectivity index (χ1n) is 9.42. The molecule has 0 amide bonds. The number of benzene rings is 2. The third kappa shape index (κ3) is 6.36. The number of fused-ring (bicyclic) bond motifs is 1. The smallest absolute Gasteiger partial charge is 0.229 e. The van der Waals surface area contributed by atoms with Crippen LogP contribution in [0, 0.1) is 6.92 Å². The van der Waals surface area contributed by atoms with Gasteiger partial charge in [-0.15, -0.1) is 24.0 Å². The predicted octanol–water partition coefficient (Wildman–Crippen LogP) is 3.99. The Morgan fingerprint density at radius 1 is 1.07 bits per heavy atom. The second-order valence-corrected chi connectivity index (χ2v) is 8.47. The number of rotatable bonds is 7. The Labute approximate surface area is 194 Å². The first-order chi connectivity index (χ1) is 13.9. The molecular weight excluding hydrogens is 515 g/mol. The molecule has 3 N–H and O–H groups in total. The molecule has 0 radical (unpaired) electrons. The van der Waals surface area contributed by atoms with Gasteiger partial charge in [-0.25, -0.2) is 13.4 Å². The minimum Gasteiger partial charge on any atom is -0.459 e. The summed E-state index contributed by atoms with van der Waals surface area (Å²) in [7, 11) is -3.35. The summed E-state index contributed by atoms with van der Waals surface area (Å²) < 4.78 is 31.6. The third-order valence-electron chi connectivity index (χ3n) is 4.42. The van der Waals surface area contributed by atoms with Crippen LogP contribution in [0.2, 0.25) is 0 Å². The van der Waals surface area contributed by atoms with Gasteiger partial charge in [0.15, 0.2) is 5.96 Å². The van der Waals surface area contributed by atoms with Crippen LogP contribution in [0.1, 0.15) is 23.8 Å². The van der Waals surface area contributed by atoms with Gasteiger partial charge >= 0.3 is 0 Å². The SMILES string of the molecule is CCNC(=NCc1ccccc1NS(C)(=O)=O)NCc1oc2ccccc2c1C.I. The van der Waals surface area contributed by atoms with E-state index in [4.69, 9.17) is 4.42 Å². The van der Waals surface area contributed by atoms with Crippen molar-refractivity contribution in [2.24, 2.45) is 4.99 Å². The average Bonchev–Trinajstić information content (AvgIpc) is 3.00. The van der Waals surface area contributed by atoms with Crippen LogP contribution in [0.3, 0.4) is 0 Å². The van der Waals surface area contributed by atoms with Crippen molar-refractivity contribution in [3.05, 3.63) is 65.4 Å². The molecular formula is C21H27IN4O3S. The van der Waals surface area contributed by atoms with Crippen molar-refractivity contribution in [1.82, 2.24) is 10.6 Å². The summed E-state index contributed by atoms with van der Waals surface area (Å²) in [4.78, 5) is 4.59. The van der Waals surface area contributed by atoms with Crippen LogP contribution in [0.25, 0.3) is 11.0 Å². The molecule has 3 rings (SSSR count). The summed E-state index contributed by atoms with van der Waals surface area (Å²) in [6.45, 7) is 5.56. The highest BCUT2D eigenvalue weighted by Gasteiger charge is 2.11. The topological polar surface area (TPSA) is 95.7 Å². The molecule has 0 aliphatic rings. The molecule has 0 saturated carbocycles. The van der Waals surface area contributed by atoms with Crippen molar-refractivity contribution in [2.75, 3.05) is 17.5 Å². The molecule has 0 aliphatic carbocycles. The maximum absolute atomic E-state index is 11.6. The number of para-hydroxylation sites is 2. The Kier molecular flexibility index (Phi) is 8.54. The number of aryl methyl sites for hydroxylation is 1. The fourth-order valence-electron chi connectivity index (χ4n) is 3.02. The molecule has 9 heteroatoms. The summed E-state index contributed by atoms with van der Waals surface area (Å²) in [6.07, 6.45) is 1.13. The molecule has 0 saturated heterocycles. The summed E-state index contributed by atoms with van der Waals surface area (Å²) >= 11 is 0. The highest BCUT2D eigenvalue weighted by molar-refractivity contribution is 14.0. The van der Waals surface area contributed by atoms with Crippen molar-refractivity contribution in [2.45, 2.75) is 26.9 Å². The number of aliphatic imine (C=N–C) groups is 1. The number of nitrogens with zero attached hydrogens (tertiary/aromatic N) is 1. The van der Waals surface area contributed by atoms with E-state index >= 15 is 0 Å². The van der Waals surface area contributed by atoms with E-state index in [0.29, 0.717) is 31.3 Å². The number of nitrogens with one attached hydrogen (secondary N) is 3. The number of hydrogen-bond donors (Lipinski definition) is 3. The molecule has 162 valence electrons. The number of anilines is 1. The predicted molar refractivity (Wildman–Crippen MR) is 133 cm³/mol. The van der Waals surface area contributed by atoms with E-state index in [9.17, 15) is 8.42 Å². The van der Waals surface area contributed by atoms with Gasteiger partial charge in [0.1, 0.15) is 11.3 Å². The zero-order valence-electron chi connectivity index (χ0n) is 17.2. The van der Waals surface area contributed by atoms with Crippen molar-refractivity contribution >= 4 is 56.6 Å². The molecule has 30 heavy (non-hydrogen) atoms. The Bertz CT molecular complexity index is 1130. The minimum absolute atomic E-state index is 0. The molecule has 0 atom stereocenters. The summed E-state index contributed by atoms with van der Waals surface area (Å²) in [5, 5.41) is 7.59. The van der Waals surface area contributed by atoms with Crippen LogP contribution in [-0.4, -0.2) is 27.2 Å². The van der Waals surface area contributed by atoms with E-state index in [2.05, 4.69) is 20.3 Å². The Morgan fingerprint density at radius 2 is 1.77 bits per heavy atom. The quantitative estimate of drug-likeness (QED) is 0.239. The molecule has 0 unspecified atom stereocenters. The van der Waals surface area contributed by atoms with Gasteiger partial charge in [-0.2, -0.15) is 0 Å². The summed E-state index contributed by atoms with van der Waals surface area (Å²) in [6, 6.07) is 15.2. The summed E-state index contributed by atoms with van der Waals surface area (Å²) in [5.74, 6) is 1.48. The third-order valence-corrected chi connectivity index (χ3v) is 5.01. The highest BCUT2D eigenvalue weighted by atomic mass is 127. The Hall–Kier alpha value is -2.27. The Morgan fingerprint density at radius 3 is 2.47 bits per heavy atom. The first kappa shape index (κ1) is 24.0. The van der Waals surface area contributed by atoms with Crippen LogP contribution in [0.15, 0.2) is 57.9 Å². The molecule has 7 nitrogen and oxygen atoms in total. The zero-order valence-corrected chi connectivity index (χ0v) is 20.4.